The second kappa shape index (κ2) is 7.50. The van der Waals surface area contributed by atoms with Gasteiger partial charge in [-0.1, -0.05) is 26.3 Å². The van der Waals surface area contributed by atoms with Gasteiger partial charge in [-0.3, -0.25) is 0 Å². The monoisotopic (exact) mass is 283 g/mol. The number of nitrogens with two attached hydrogens (primary N) is 1. The first-order valence-electron chi connectivity index (χ1n) is 6.87. The summed E-state index contributed by atoms with van der Waals surface area (Å²) in [6, 6.07) is 7.33. The van der Waals surface area contributed by atoms with Crippen LogP contribution in [0.2, 0.25) is 0 Å². The van der Waals surface area contributed by atoms with Gasteiger partial charge in [-0.25, -0.2) is 13.3 Å². The minimum Gasteiger partial charge on any atom is -0.399 e. The van der Waals surface area contributed by atoms with E-state index < -0.39 is 9.92 Å². The Kier molecular flexibility index (Phi) is 6.31. The van der Waals surface area contributed by atoms with E-state index in [-0.39, 0.29) is 6.04 Å². The standard InChI is InChI=1S/C14H25N3OS/c1-4-6-10-16-19(18,17-12(3)5-2)14-9-7-8-13(15)11-14/h7-9,11-12H,4-6,10,15H2,1-3H3,(H,16,17,18). The molecule has 5 heteroatoms. The van der Waals surface area contributed by atoms with E-state index in [1.807, 2.05) is 19.1 Å². The SMILES string of the molecule is CCCCN=S(=O)(NC(C)CC)c1cccc(N)c1. The van der Waals surface area contributed by atoms with Crippen LogP contribution in [0, 0.1) is 0 Å². The van der Waals surface area contributed by atoms with Gasteiger partial charge in [0.05, 0.1) is 4.90 Å². The van der Waals surface area contributed by atoms with Gasteiger partial charge in [-0.05, 0) is 38.0 Å². The topological polar surface area (TPSA) is 67.5 Å². The van der Waals surface area contributed by atoms with Gasteiger partial charge < -0.3 is 5.73 Å². The minimum absolute atomic E-state index is 0.152. The maximum absolute atomic E-state index is 13.1. The van der Waals surface area contributed by atoms with Crippen molar-refractivity contribution in [1.82, 2.24) is 4.72 Å². The quantitative estimate of drug-likeness (QED) is 0.596. The zero-order chi connectivity index (χ0) is 14.3. The molecule has 0 saturated carbocycles. The van der Waals surface area contributed by atoms with Gasteiger partial charge in [0.25, 0.3) is 0 Å². The minimum atomic E-state index is -2.58. The van der Waals surface area contributed by atoms with E-state index in [1.54, 1.807) is 12.1 Å². The van der Waals surface area contributed by atoms with Crippen LogP contribution < -0.4 is 10.5 Å². The summed E-state index contributed by atoms with van der Waals surface area (Å²) in [4.78, 5) is 0.670. The summed E-state index contributed by atoms with van der Waals surface area (Å²) in [6.07, 6.45) is 2.89. The molecule has 0 bridgehead atoms. The molecular formula is C14H25N3OS. The van der Waals surface area contributed by atoms with Gasteiger partial charge in [0.1, 0.15) is 9.92 Å². The predicted molar refractivity (Wildman–Crippen MR) is 82.4 cm³/mol. The molecule has 0 saturated heterocycles. The fourth-order valence-electron chi connectivity index (χ4n) is 1.57. The van der Waals surface area contributed by atoms with Crippen LogP contribution in [-0.4, -0.2) is 16.8 Å². The fourth-order valence-corrected chi connectivity index (χ4v) is 3.59. The Bertz CT molecular complexity index is 507. The van der Waals surface area contributed by atoms with E-state index in [2.05, 4.69) is 22.9 Å². The third kappa shape index (κ3) is 4.84. The molecule has 0 radical (unpaired) electrons. The van der Waals surface area contributed by atoms with Crippen LogP contribution in [-0.2, 0) is 9.92 Å². The van der Waals surface area contributed by atoms with E-state index in [9.17, 15) is 4.21 Å². The molecule has 3 N–H and O–H groups in total. The zero-order valence-electron chi connectivity index (χ0n) is 12.1. The summed E-state index contributed by atoms with van der Waals surface area (Å²) < 4.78 is 20.6. The van der Waals surface area contributed by atoms with Gasteiger partial charge in [-0.2, -0.15) is 0 Å². The number of anilines is 1. The number of hydrogen-bond donors (Lipinski definition) is 2. The molecule has 1 rings (SSSR count). The van der Waals surface area contributed by atoms with Crippen LogP contribution in [0.5, 0.6) is 0 Å². The average Bonchev–Trinajstić information content (AvgIpc) is 2.39. The molecule has 0 spiro atoms. The summed E-state index contributed by atoms with van der Waals surface area (Å²) in [5.74, 6) is 0. The molecular weight excluding hydrogens is 258 g/mol. The Hall–Kier alpha value is -1.07. The van der Waals surface area contributed by atoms with Gasteiger partial charge in [0.2, 0.25) is 0 Å². The van der Waals surface area contributed by atoms with Gasteiger partial charge in [0.15, 0.2) is 0 Å². The van der Waals surface area contributed by atoms with Crippen molar-refractivity contribution in [3.8, 4) is 0 Å². The van der Waals surface area contributed by atoms with Crippen molar-refractivity contribution in [3.63, 3.8) is 0 Å². The number of rotatable bonds is 7. The molecule has 0 aliphatic carbocycles. The molecule has 2 unspecified atom stereocenters. The Morgan fingerprint density at radius 1 is 1.42 bits per heavy atom. The highest BCUT2D eigenvalue weighted by atomic mass is 32.2. The van der Waals surface area contributed by atoms with Gasteiger partial charge >= 0.3 is 0 Å². The molecule has 0 aliphatic rings. The highest BCUT2D eigenvalue weighted by Crippen LogP contribution is 2.16. The van der Waals surface area contributed by atoms with Crippen molar-refractivity contribution < 1.29 is 4.21 Å². The molecule has 0 aliphatic heterocycles. The summed E-state index contributed by atoms with van der Waals surface area (Å²) in [5.41, 5.74) is 6.39. The van der Waals surface area contributed by atoms with Gasteiger partial charge in [-0.15, -0.1) is 0 Å². The highest BCUT2D eigenvalue weighted by Gasteiger charge is 2.15. The van der Waals surface area contributed by atoms with Crippen molar-refractivity contribution in [2.45, 2.75) is 51.0 Å². The lowest BCUT2D eigenvalue weighted by molar-refractivity contribution is 0.614. The number of hydrogen-bond acceptors (Lipinski definition) is 3. The van der Waals surface area contributed by atoms with E-state index >= 15 is 0 Å². The lowest BCUT2D eigenvalue weighted by Gasteiger charge is -2.17. The summed E-state index contributed by atoms with van der Waals surface area (Å²) >= 11 is 0. The molecule has 2 atom stereocenters. The number of nitrogens with zero attached hydrogens (tertiary/aromatic N) is 1. The molecule has 0 fully saturated rings. The zero-order valence-corrected chi connectivity index (χ0v) is 12.9. The Morgan fingerprint density at radius 3 is 2.74 bits per heavy atom. The fraction of sp³-hybridized carbons (Fsp3) is 0.571. The Balaban J connectivity index is 3.11. The van der Waals surface area contributed by atoms with Crippen LogP contribution in [0.25, 0.3) is 0 Å². The highest BCUT2D eigenvalue weighted by molar-refractivity contribution is 7.91. The summed E-state index contributed by atoms with van der Waals surface area (Å²) in [7, 11) is -2.58. The largest absolute Gasteiger partial charge is 0.399 e. The van der Waals surface area contributed by atoms with E-state index in [4.69, 9.17) is 5.73 Å². The summed E-state index contributed by atoms with van der Waals surface area (Å²) in [5, 5.41) is 0. The molecule has 1 aromatic rings. The third-order valence-corrected chi connectivity index (χ3v) is 5.10. The van der Waals surface area contributed by atoms with Crippen LogP contribution in [0.4, 0.5) is 5.69 Å². The maximum Gasteiger partial charge on any atom is 0.137 e. The molecule has 0 aromatic heterocycles. The lowest BCUT2D eigenvalue weighted by atomic mass is 10.3. The van der Waals surface area contributed by atoms with Crippen molar-refractivity contribution in [2.24, 2.45) is 4.36 Å². The normalized spacial score (nSPS) is 15.7. The van der Waals surface area contributed by atoms with Crippen molar-refractivity contribution >= 4 is 15.6 Å². The first kappa shape index (κ1) is 16.0. The van der Waals surface area contributed by atoms with Crippen LogP contribution >= 0.6 is 0 Å². The molecule has 0 heterocycles. The second-order valence-corrected chi connectivity index (χ2v) is 6.75. The molecule has 0 amide bonds. The maximum atomic E-state index is 13.1. The van der Waals surface area contributed by atoms with E-state index in [0.29, 0.717) is 17.1 Å². The van der Waals surface area contributed by atoms with Crippen LogP contribution in [0.3, 0.4) is 0 Å². The molecule has 19 heavy (non-hydrogen) atoms. The Morgan fingerprint density at radius 2 is 2.16 bits per heavy atom. The van der Waals surface area contributed by atoms with E-state index in [0.717, 1.165) is 19.3 Å². The summed E-state index contributed by atoms with van der Waals surface area (Å²) in [6.45, 7) is 6.78. The number of unbranched alkanes of at least 4 members (excludes halogenated alkanes) is 1. The van der Waals surface area contributed by atoms with Crippen molar-refractivity contribution in [2.75, 3.05) is 12.3 Å². The smallest absolute Gasteiger partial charge is 0.137 e. The first-order chi connectivity index (χ1) is 9.01. The van der Waals surface area contributed by atoms with E-state index in [1.165, 1.54) is 0 Å². The Labute approximate surface area is 117 Å². The van der Waals surface area contributed by atoms with Gasteiger partial charge in [0, 0.05) is 18.3 Å². The lowest BCUT2D eigenvalue weighted by Crippen LogP contribution is -2.32. The predicted octanol–water partition coefficient (Wildman–Crippen LogP) is 3.20. The molecule has 108 valence electrons. The second-order valence-electron chi connectivity index (χ2n) is 4.73. The van der Waals surface area contributed by atoms with Crippen LogP contribution in [0.1, 0.15) is 40.0 Å². The molecule has 4 nitrogen and oxygen atoms in total. The number of nitrogen functional groups attached to an aromatic ring is 1. The van der Waals surface area contributed by atoms with Crippen LogP contribution in [0.15, 0.2) is 33.5 Å². The average molecular weight is 283 g/mol. The molecule has 1 aromatic carbocycles. The van der Waals surface area contributed by atoms with Crippen molar-refractivity contribution in [3.05, 3.63) is 24.3 Å². The number of nitrogens with one attached hydrogen (secondary N) is 1. The number of benzene rings is 1. The van der Waals surface area contributed by atoms with Crippen molar-refractivity contribution in [1.29, 1.82) is 0 Å². The first-order valence-corrected chi connectivity index (χ1v) is 8.39. The third-order valence-electron chi connectivity index (χ3n) is 2.94.